The molecule has 0 fully saturated rings. The van der Waals surface area contributed by atoms with Crippen LogP contribution in [-0.2, 0) is 56.5 Å². The van der Waals surface area contributed by atoms with Crippen LogP contribution in [0.1, 0.15) is 23.3 Å². The van der Waals surface area contributed by atoms with E-state index in [4.69, 9.17) is 26.3 Å². The first-order valence-electron chi connectivity index (χ1n) is 7.39. The quantitative estimate of drug-likeness (QED) is 0.188. The molecule has 2 aromatic carbocycles. The van der Waals surface area contributed by atoms with Gasteiger partial charge in [-0.25, -0.2) is 0 Å². The fraction of sp³-hybridized carbons (Fsp3) is 0.250. The minimum absolute atomic E-state index is 0.0569. The molecule has 0 heterocycles. The van der Waals surface area contributed by atoms with Crippen LogP contribution >= 0.6 is 16.5 Å². The summed E-state index contributed by atoms with van der Waals surface area (Å²) < 4.78 is 1.86. The Kier molecular flexibility index (Phi) is 9.90. The Hall–Kier alpha value is 0.810. The van der Waals surface area contributed by atoms with Crippen molar-refractivity contribution in [2.24, 2.45) is 0 Å². The van der Waals surface area contributed by atoms with E-state index >= 15 is 0 Å². The second kappa shape index (κ2) is 11.4. The molecule has 0 aliphatic rings. The van der Waals surface area contributed by atoms with Crippen molar-refractivity contribution in [1.29, 1.82) is 0 Å². The summed E-state index contributed by atoms with van der Waals surface area (Å²) in [7, 11) is 12.2. The van der Waals surface area contributed by atoms with E-state index < -0.39 is 46.7 Å². The molecule has 0 spiro atoms. The van der Waals surface area contributed by atoms with Gasteiger partial charge in [0, 0.05) is 0 Å². The Bertz CT molecular complexity index is 479. The molecule has 0 aliphatic heterocycles. The number of hydrogen-bond donors (Lipinski definition) is 0. The molecule has 2 unspecified atom stereocenters. The Balaban J connectivity index is 2.03. The molecule has 22 heavy (non-hydrogen) atoms. The molecule has 2 rings (SSSR count). The zero-order chi connectivity index (χ0) is 15.6. The Morgan fingerprint density at radius 2 is 1.05 bits per heavy atom. The third-order valence-electron chi connectivity index (χ3n) is 3.37. The number of benzene rings is 2. The van der Waals surface area contributed by atoms with E-state index in [9.17, 15) is 0 Å². The first-order valence-corrected chi connectivity index (χ1v) is 28.7. The monoisotopic (exact) mass is 714 g/mol. The molecule has 0 aliphatic carbocycles. The van der Waals surface area contributed by atoms with Gasteiger partial charge in [-0.05, 0) is 0 Å². The van der Waals surface area contributed by atoms with Crippen molar-refractivity contribution in [3.05, 3.63) is 71.8 Å². The Labute approximate surface area is 163 Å². The number of hydrogen-bond acceptors (Lipinski definition) is 2. The third-order valence-corrected chi connectivity index (χ3v) is 13.0. The molecule has 0 amide bonds. The van der Waals surface area contributed by atoms with Crippen molar-refractivity contribution >= 4 is 16.5 Å². The van der Waals surface area contributed by atoms with E-state index in [1.165, 1.54) is 0 Å². The van der Waals surface area contributed by atoms with E-state index in [-0.39, 0.29) is 12.2 Å². The first kappa shape index (κ1) is 19.1. The maximum atomic E-state index is 6.12. The summed E-state index contributed by atoms with van der Waals surface area (Å²) in [5.74, 6) is 0. The van der Waals surface area contributed by atoms with Gasteiger partial charge in [0.1, 0.15) is 0 Å². The van der Waals surface area contributed by atoms with E-state index in [0.29, 0.717) is 0 Å². The van der Waals surface area contributed by atoms with Gasteiger partial charge in [-0.3, -0.25) is 0 Å². The van der Waals surface area contributed by atoms with Crippen molar-refractivity contribution in [2.45, 2.75) is 20.1 Å². The Morgan fingerprint density at radius 3 is 1.36 bits per heavy atom. The van der Waals surface area contributed by atoms with E-state index in [1.54, 1.807) is 0 Å². The second-order valence-electron chi connectivity index (χ2n) is 4.95. The summed E-state index contributed by atoms with van der Waals surface area (Å²) in [5, 5.41) is 0. The van der Waals surface area contributed by atoms with Crippen LogP contribution in [-0.4, -0.2) is 0 Å². The molecular formula is C16H16Cl2Hg2O2. The SMILES string of the molecule is [Cl][Hg][CH2]C(OOC([CH2][Hg][Cl])c1ccccc1)c1ccccc1. The summed E-state index contributed by atoms with van der Waals surface area (Å²) in [6.45, 7) is 0. The molecule has 0 aromatic heterocycles. The second-order valence-corrected chi connectivity index (χ2v) is 19.0. The van der Waals surface area contributed by atoms with Gasteiger partial charge in [-0.1, -0.05) is 0 Å². The molecule has 0 radical (unpaired) electrons. The van der Waals surface area contributed by atoms with Gasteiger partial charge in [-0.15, -0.1) is 0 Å². The van der Waals surface area contributed by atoms with Gasteiger partial charge in [0.05, 0.1) is 0 Å². The van der Waals surface area contributed by atoms with Gasteiger partial charge < -0.3 is 0 Å². The average molecular weight is 712 g/mol. The zero-order valence-electron chi connectivity index (χ0n) is 12.3. The van der Waals surface area contributed by atoms with E-state index in [1.807, 2.05) is 36.4 Å². The van der Waals surface area contributed by atoms with Crippen LogP contribution < -0.4 is 0 Å². The first-order chi connectivity index (χ1) is 10.8. The van der Waals surface area contributed by atoms with Gasteiger partial charge in [0.15, 0.2) is 0 Å². The predicted molar refractivity (Wildman–Crippen MR) is 81.9 cm³/mol. The summed E-state index contributed by atoms with van der Waals surface area (Å²) >= 11 is -2.68. The van der Waals surface area contributed by atoms with Gasteiger partial charge >= 0.3 is 165 Å². The van der Waals surface area contributed by atoms with E-state index in [2.05, 4.69) is 24.3 Å². The van der Waals surface area contributed by atoms with Crippen LogP contribution in [0.25, 0.3) is 0 Å². The molecule has 0 saturated heterocycles. The van der Waals surface area contributed by atoms with Gasteiger partial charge in [-0.2, -0.15) is 0 Å². The summed E-state index contributed by atoms with van der Waals surface area (Å²) in [5.41, 5.74) is 2.26. The fourth-order valence-electron chi connectivity index (χ4n) is 2.21. The molecule has 2 nitrogen and oxygen atoms in total. The van der Waals surface area contributed by atoms with Crippen LogP contribution in [0, 0.1) is 0 Å². The van der Waals surface area contributed by atoms with Crippen LogP contribution in [0.4, 0.5) is 0 Å². The van der Waals surface area contributed by atoms with Crippen molar-refractivity contribution in [1.82, 2.24) is 0 Å². The molecule has 0 N–H and O–H groups in total. The molecule has 0 saturated carbocycles. The molecule has 2 atom stereocenters. The predicted octanol–water partition coefficient (Wildman–Crippen LogP) is 5.73. The molecule has 110 valence electrons. The van der Waals surface area contributed by atoms with Crippen molar-refractivity contribution in [3.63, 3.8) is 0 Å². The summed E-state index contributed by atoms with van der Waals surface area (Å²) in [4.78, 5) is 11.6. The zero-order valence-corrected chi connectivity index (χ0v) is 24.8. The normalized spacial score (nSPS) is 13.0. The van der Waals surface area contributed by atoms with Crippen LogP contribution in [0.15, 0.2) is 60.7 Å². The standard InChI is InChI=1S/C16H16O2.2ClH.2Hg/c1-13(15-9-5-3-6-10-15)17-18-14(2)16-11-7-4-8-12-16;;;;/h3-14H,1-2H2;2*1H;;/q;;;2*+1/p-2. The van der Waals surface area contributed by atoms with Crippen LogP contribution in [0.3, 0.4) is 0 Å². The molecule has 6 heteroatoms. The average Bonchev–Trinajstić information content (AvgIpc) is 2.59. The molecule has 2 aromatic rings. The van der Waals surface area contributed by atoms with Crippen molar-refractivity contribution in [3.8, 4) is 0 Å². The van der Waals surface area contributed by atoms with Gasteiger partial charge in [0.25, 0.3) is 0 Å². The van der Waals surface area contributed by atoms with Crippen LogP contribution in [0.5, 0.6) is 0 Å². The number of rotatable bonds is 9. The molecule has 0 bridgehead atoms. The van der Waals surface area contributed by atoms with Crippen molar-refractivity contribution in [2.75, 3.05) is 0 Å². The van der Waals surface area contributed by atoms with Gasteiger partial charge in [0.2, 0.25) is 0 Å². The van der Waals surface area contributed by atoms with E-state index in [0.717, 1.165) is 19.0 Å². The summed E-state index contributed by atoms with van der Waals surface area (Å²) in [6, 6.07) is 20.3. The fourth-order valence-corrected chi connectivity index (χ4v) is 10.6. The maximum absolute atomic E-state index is 6.12. The van der Waals surface area contributed by atoms with Crippen LogP contribution in [0.2, 0.25) is 7.86 Å². The topological polar surface area (TPSA) is 18.5 Å². The Morgan fingerprint density at radius 1 is 0.682 bits per heavy atom. The number of halogens is 2. The minimum atomic E-state index is -1.34. The summed E-state index contributed by atoms with van der Waals surface area (Å²) in [6.07, 6.45) is -0.114. The third kappa shape index (κ3) is 6.37. The molecular weight excluding hydrogens is 696 g/mol. The van der Waals surface area contributed by atoms with Crippen molar-refractivity contribution < 1.29 is 56.5 Å².